The van der Waals surface area contributed by atoms with E-state index in [0.29, 0.717) is 31.6 Å². The number of hydrogen-bond acceptors (Lipinski definition) is 6. The molecule has 0 spiro atoms. The van der Waals surface area contributed by atoms with Crippen molar-refractivity contribution in [3.8, 4) is 5.75 Å². The zero-order valence-corrected chi connectivity index (χ0v) is 16.7. The Bertz CT molecular complexity index is 708. The maximum Gasteiger partial charge on any atom is 0.573 e. The number of carbonyl (C=O) groups is 1. The number of aliphatic hydroxyl groups is 2. The number of hydroxylamine groups is 1. The highest BCUT2D eigenvalue weighted by molar-refractivity contribution is 5.78. The number of carbonyl (C=O) groups excluding carboxylic acids is 1. The summed E-state index contributed by atoms with van der Waals surface area (Å²) in [5.41, 5.74) is 6.28. The summed E-state index contributed by atoms with van der Waals surface area (Å²) in [6.45, 7) is 2.03. The standard InChI is InChI=1S/C20H29F3N2O5/c1-12-6-8-19(28,9-7-12)14(18(27)25-29)11-16(26)15(24)10-13-4-2-3-5-17(13)30-20(21,22)23/h2-5,12,14-16,26,28-29H,6-11,24H2,1H3,(H,25,27). The van der Waals surface area contributed by atoms with Gasteiger partial charge >= 0.3 is 6.36 Å². The van der Waals surface area contributed by atoms with Crippen LogP contribution in [0.3, 0.4) is 0 Å². The number of benzene rings is 1. The Kier molecular flexibility index (Phi) is 8.09. The average Bonchev–Trinajstić information content (AvgIpc) is 2.68. The number of rotatable bonds is 8. The Morgan fingerprint density at radius 3 is 2.50 bits per heavy atom. The third kappa shape index (κ3) is 6.56. The average molecular weight is 434 g/mol. The van der Waals surface area contributed by atoms with Gasteiger partial charge in [-0.1, -0.05) is 25.1 Å². The number of hydrogen-bond donors (Lipinski definition) is 5. The summed E-state index contributed by atoms with van der Waals surface area (Å²) in [7, 11) is 0. The fourth-order valence-corrected chi connectivity index (χ4v) is 3.96. The maximum atomic E-state index is 12.6. The molecule has 1 aromatic rings. The number of nitrogens with two attached hydrogens (primary N) is 1. The van der Waals surface area contributed by atoms with Gasteiger partial charge in [0.05, 0.1) is 17.6 Å². The molecule has 3 unspecified atom stereocenters. The second-order valence-electron chi connectivity index (χ2n) is 8.14. The van der Waals surface area contributed by atoms with E-state index in [1.807, 2.05) is 6.92 Å². The molecule has 0 saturated heterocycles. The smallest absolute Gasteiger partial charge is 0.406 e. The molecule has 0 heterocycles. The molecule has 1 fully saturated rings. The molecular formula is C20H29F3N2O5. The second kappa shape index (κ2) is 9.95. The number of para-hydroxylation sites is 1. The van der Waals surface area contributed by atoms with Crippen molar-refractivity contribution in [3.05, 3.63) is 29.8 Å². The quantitative estimate of drug-likeness (QED) is 0.316. The minimum Gasteiger partial charge on any atom is -0.406 e. The highest BCUT2D eigenvalue weighted by Crippen LogP contribution is 2.39. The van der Waals surface area contributed by atoms with Gasteiger partial charge in [0.15, 0.2) is 0 Å². The Hall–Kier alpha value is -1.88. The van der Waals surface area contributed by atoms with Gasteiger partial charge in [-0.05, 0) is 56.1 Å². The number of nitrogens with one attached hydrogen (secondary N) is 1. The van der Waals surface area contributed by atoms with Gasteiger partial charge in [-0.25, -0.2) is 5.48 Å². The van der Waals surface area contributed by atoms with Crippen LogP contribution in [0, 0.1) is 11.8 Å². The molecule has 0 radical (unpaired) electrons. The lowest BCUT2D eigenvalue weighted by molar-refractivity contribution is -0.274. The van der Waals surface area contributed by atoms with Crippen molar-refractivity contribution in [2.24, 2.45) is 17.6 Å². The lowest BCUT2D eigenvalue weighted by atomic mass is 9.70. The second-order valence-corrected chi connectivity index (χ2v) is 8.14. The first-order valence-corrected chi connectivity index (χ1v) is 9.89. The maximum absolute atomic E-state index is 12.6. The minimum atomic E-state index is -4.87. The lowest BCUT2D eigenvalue weighted by Gasteiger charge is -2.41. The van der Waals surface area contributed by atoms with Crippen molar-refractivity contribution >= 4 is 5.91 Å². The number of halogens is 3. The van der Waals surface area contributed by atoms with E-state index in [-0.39, 0.29) is 18.4 Å². The van der Waals surface area contributed by atoms with Gasteiger partial charge < -0.3 is 20.7 Å². The monoisotopic (exact) mass is 434 g/mol. The van der Waals surface area contributed by atoms with Gasteiger partial charge in [-0.2, -0.15) is 0 Å². The van der Waals surface area contributed by atoms with Crippen molar-refractivity contribution < 1.29 is 38.1 Å². The molecule has 1 saturated carbocycles. The predicted molar refractivity (Wildman–Crippen MR) is 101 cm³/mol. The third-order valence-electron chi connectivity index (χ3n) is 5.84. The molecule has 0 aromatic heterocycles. The van der Waals surface area contributed by atoms with Crippen LogP contribution < -0.4 is 16.0 Å². The van der Waals surface area contributed by atoms with E-state index in [0.717, 1.165) is 6.07 Å². The number of alkyl halides is 3. The first-order valence-electron chi connectivity index (χ1n) is 9.89. The van der Waals surface area contributed by atoms with Crippen LogP contribution in [-0.4, -0.2) is 45.4 Å². The normalized spacial score (nSPS) is 25.3. The molecule has 7 nitrogen and oxygen atoms in total. The van der Waals surface area contributed by atoms with Crippen molar-refractivity contribution in [1.82, 2.24) is 5.48 Å². The summed E-state index contributed by atoms with van der Waals surface area (Å²) < 4.78 is 41.8. The molecule has 10 heteroatoms. The largest absolute Gasteiger partial charge is 0.573 e. The molecule has 30 heavy (non-hydrogen) atoms. The van der Waals surface area contributed by atoms with Crippen molar-refractivity contribution in [1.29, 1.82) is 0 Å². The topological polar surface area (TPSA) is 125 Å². The lowest BCUT2D eigenvalue weighted by Crippen LogP contribution is -2.51. The van der Waals surface area contributed by atoms with Gasteiger partial charge in [-0.15, -0.1) is 13.2 Å². The number of aliphatic hydroxyl groups excluding tert-OH is 1. The third-order valence-corrected chi connectivity index (χ3v) is 5.84. The fourth-order valence-electron chi connectivity index (χ4n) is 3.96. The van der Waals surface area contributed by atoms with Gasteiger partial charge in [0, 0.05) is 6.04 Å². The minimum absolute atomic E-state index is 0.143. The summed E-state index contributed by atoms with van der Waals surface area (Å²) in [5, 5.41) is 30.6. The van der Waals surface area contributed by atoms with Gasteiger partial charge in [0.2, 0.25) is 5.91 Å². The van der Waals surface area contributed by atoms with E-state index in [9.17, 15) is 28.2 Å². The first-order chi connectivity index (χ1) is 13.9. The fraction of sp³-hybridized carbons (Fsp3) is 0.650. The molecule has 1 aromatic carbocycles. The van der Waals surface area contributed by atoms with Crippen molar-refractivity contribution in [2.45, 2.75) is 69.6 Å². The van der Waals surface area contributed by atoms with E-state index >= 15 is 0 Å². The number of ether oxygens (including phenoxy) is 1. The zero-order valence-electron chi connectivity index (χ0n) is 16.7. The van der Waals surface area contributed by atoms with Crippen LogP contribution in [0.2, 0.25) is 0 Å². The van der Waals surface area contributed by atoms with E-state index in [4.69, 9.17) is 10.9 Å². The highest BCUT2D eigenvalue weighted by Gasteiger charge is 2.44. The van der Waals surface area contributed by atoms with Crippen molar-refractivity contribution in [2.75, 3.05) is 0 Å². The van der Waals surface area contributed by atoms with Crippen LogP contribution in [0.15, 0.2) is 24.3 Å². The highest BCUT2D eigenvalue weighted by atomic mass is 19.4. The van der Waals surface area contributed by atoms with Crippen LogP contribution in [0.1, 0.15) is 44.6 Å². The van der Waals surface area contributed by atoms with Gasteiger partial charge in [-0.3, -0.25) is 10.0 Å². The molecule has 1 aliphatic rings. The molecular weight excluding hydrogens is 405 g/mol. The molecule has 1 aliphatic carbocycles. The first kappa shape index (κ1) is 24.4. The molecule has 1 amide bonds. The molecule has 6 N–H and O–H groups in total. The number of amides is 1. The molecule has 0 aliphatic heterocycles. The molecule has 2 rings (SSSR count). The summed E-state index contributed by atoms with van der Waals surface area (Å²) in [5.74, 6) is -1.98. The summed E-state index contributed by atoms with van der Waals surface area (Å²) in [4.78, 5) is 12.2. The van der Waals surface area contributed by atoms with Crippen LogP contribution in [0.5, 0.6) is 5.75 Å². The Morgan fingerprint density at radius 1 is 1.33 bits per heavy atom. The summed E-state index contributed by atoms with van der Waals surface area (Å²) in [6.07, 6.45) is -4.53. The Morgan fingerprint density at radius 2 is 1.93 bits per heavy atom. The summed E-state index contributed by atoms with van der Waals surface area (Å²) in [6, 6.07) is 4.43. The summed E-state index contributed by atoms with van der Waals surface area (Å²) >= 11 is 0. The van der Waals surface area contributed by atoms with Crippen LogP contribution in [0.4, 0.5) is 13.2 Å². The van der Waals surface area contributed by atoms with E-state index in [2.05, 4.69) is 4.74 Å². The van der Waals surface area contributed by atoms with Crippen LogP contribution in [0.25, 0.3) is 0 Å². The van der Waals surface area contributed by atoms with Crippen LogP contribution in [-0.2, 0) is 11.2 Å². The van der Waals surface area contributed by atoms with E-state index < -0.39 is 41.7 Å². The zero-order chi connectivity index (χ0) is 22.5. The van der Waals surface area contributed by atoms with Crippen LogP contribution >= 0.6 is 0 Å². The Labute approximate surface area is 173 Å². The van der Waals surface area contributed by atoms with Crippen molar-refractivity contribution in [3.63, 3.8) is 0 Å². The van der Waals surface area contributed by atoms with Gasteiger partial charge in [0.1, 0.15) is 5.75 Å². The van der Waals surface area contributed by atoms with E-state index in [1.165, 1.54) is 23.7 Å². The predicted octanol–water partition coefficient (Wildman–Crippen LogP) is 2.27. The SMILES string of the molecule is CC1CCC(O)(C(CC(O)C(N)Cc2ccccc2OC(F)(F)F)C(=O)NO)CC1. The van der Waals surface area contributed by atoms with E-state index in [1.54, 1.807) is 0 Å². The molecule has 3 atom stereocenters. The molecule has 170 valence electrons. The molecule has 0 bridgehead atoms. The van der Waals surface area contributed by atoms with Gasteiger partial charge in [0.25, 0.3) is 0 Å². The Balaban J connectivity index is 2.11.